The molecule has 0 radical (unpaired) electrons. The minimum absolute atomic E-state index is 0.0299. The molecule has 2 N–H and O–H groups in total. The molecule has 0 fully saturated rings. The molecule has 3 rings (SSSR count). The average Bonchev–Trinajstić information content (AvgIpc) is 2.92. The number of rotatable bonds is 5. The van der Waals surface area contributed by atoms with E-state index >= 15 is 0 Å². The van der Waals surface area contributed by atoms with Crippen LogP contribution in [0.4, 0.5) is 5.69 Å². The number of carbonyl (C=O) groups excluding carboxylic acids is 1. The van der Waals surface area contributed by atoms with E-state index in [0.29, 0.717) is 23.0 Å². The number of aromatic amines is 1. The van der Waals surface area contributed by atoms with Crippen molar-refractivity contribution in [2.75, 3.05) is 17.3 Å². The third-order valence-corrected chi connectivity index (χ3v) is 3.68. The Balaban J connectivity index is 1.77. The summed E-state index contributed by atoms with van der Waals surface area (Å²) >= 11 is 1.48. The molecule has 2 aromatic heterocycles. The van der Waals surface area contributed by atoms with E-state index < -0.39 is 0 Å². The first-order valence-electron chi connectivity index (χ1n) is 6.90. The van der Waals surface area contributed by atoms with Crippen LogP contribution >= 0.6 is 11.8 Å². The second-order valence-electron chi connectivity index (χ2n) is 4.83. The van der Waals surface area contributed by atoms with Crippen LogP contribution in [0, 0.1) is 6.92 Å². The number of carbonyl (C=O) groups is 1. The predicted octanol–water partition coefficient (Wildman–Crippen LogP) is 2.76. The minimum atomic E-state index is -0.0299. The van der Waals surface area contributed by atoms with Gasteiger partial charge in [-0.2, -0.15) is 16.9 Å². The van der Waals surface area contributed by atoms with Crippen LogP contribution in [0.25, 0.3) is 11.0 Å². The van der Waals surface area contributed by atoms with Crippen LogP contribution in [0.3, 0.4) is 0 Å². The van der Waals surface area contributed by atoms with E-state index in [0.717, 1.165) is 16.8 Å². The number of nitrogens with one attached hydrogen (secondary N) is 2. The first-order chi connectivity index (χ1) is 11.2. The number of aromatic nitrogens is 4. The lowest BCUT2D eigenvalue weighted by atomic mass is 10.3. The monoisotopic (exact) mass is 329 g/mol. The molecule has 0 unspecified atom stereocenters. The van der Waals surface area contributed by atoms with Crippen molar-refractivity contribution in [1.82, 2.24) is 20.2 Å². The Morgan fingerprint density at radius 3 is 2.83 bits per heavy atom. The predicted molar refractivity (Wildman–Crippen MR) is 89.9 cm³/mol. The standard InChI is InChI=1S/C15H15N5O2S/c1-9-13-14(20-19-9)16-8-17-15(13)22-11-5-3-10(4-6-11)18-12(21)7-23-2/h3-6,8H,7H2,1-2H3,(H,18,21)(H,16,17,19,20). The number of aryl methyl sites for hydroxylation is 1. The molecule has 1 aromatic carbocycles. The topological polar surface area (TPSA) is 92.8 Å². The second kappa shape index (κ2) is 6.66. The van der Waals surface area contributed by atoms with Crippen molar-refractivity contribution in [3.8, 4) is 11.6 Å². The van der Waals surface area contributed by atoms with E-state index in [-0.39, 0.29) is 5.91 Å². The maximum Gasteiger partial charge on any atom is 0.234 e. The maximum atomic E-state index is 11.6. The normalized spacial score (nSPS) is 10.7. The minimum Gasteiger partial charge on any atom is -0.438 e. The fraction of sp³-hybridized carbons (Fsp3) is 0.200. The number of hydrogen-bond donors (Lipinski definition) is 2. The van der Waals surface area contributed by atoms with Crippen molar-refractivity contribution in [3.63, 3.8) is 0 Å². The fourth-order valence-electron chi connectivity index (χ4n) is 2.09. The quantitative estimate of drug-likeness (QED) is 0.747. The van der Waals surface area contributed by atoms with Crippen LogP contribution in [0.5, 0.6) is 11.6 Å². The van der Waals surface area contributed by atoms with E-state index in [2.05, 4.69) is 25.5 Å². The molecular weight excluding hydrogens is 314 g/mol. The third-order valence-electron chi connectivity index (χ3n) is 3.13. The molecule has 1 amide bonds. The van der Waals surface area contributed by atoms with Gasteiger partial charge in [-0.1, -0.05) is 0 Å². The Morgan fingerprint density at radius 1 is 1.30 bits per heavy atom. The van der Waals surface area contributed by atoms with E-state index in [1.54, 1.807) is 24.3 Å². The molecule has 23 heavy (non-hydrogen) atoms. The highest BCUT2D eigenvalue weighted by molar-refractivity contribution is 7.99. The Bertz CT molecular complexity index is 832. The zero-order valence-electron chi connectivity index (χ0n) is 12.7. The third kappa shape index (κ3) is 3.42. The van der Waals surface area contributed by atoms with E-state index in [9.17, 15) is 4.79 Å². The summed E-state index contributed by atoms with van der Waals surface area (Å²) in [5, 5.41) is 10.5. The van der Waals surface area contributed by atoms with Crippen molar-refractivity contribution in [1.29, 1.82) is 0 Å². The number of ether oxygens (including phenoxy) is 1. The lowest BCUT2D eigenvalue weighted by Gasteiger charge is -2.08. The highest BCUT2D eigenvalue weighted by atomic mass is 32.2. The van der Waals surface area contributed by atoms with E-state index in [1.165, 1.54) is 18.1 Å². The van der Waals surface area contributed by atoms with Crippen LogP contribution < -0.4 is 10.1 Å². The zero-order valence-corrected chi connectivity index (χ0v) is 13.5. The summed E-state index contributed by atoms with van der Waals surface area (Å²) < 4.78 is 5.81. The Hall–Kier alpha value is -2.61. The van der Waals surface area contributed by atoms with Crippen molar-refractivity contribution in [2.45, 2.75) is 6.92 Å². The van der Waals surface area contributed by atoms with Crippen LogP contribution in [0.15, 0.2) is 30.6 Å². The first-order valence-corrected chi connectivity index (χ1v) is 8.29. The molecule has 0 aliphatic carbocycles. The molecule has 8 heteroatoms. The summed E-state index contributed by atoms with van der Waals surface area (Å²) in [7, 11) is 0. The Kier molecular flexibility index (Phi) is 4.42. The Morgan fingerprint density at radius 2 is 2.09 bits per heavy atom. The van der Waals surface area contributed by atoms with Gasteiger partial charge in [-0.3, -0.25) is 9.89 Å². The summed E-state index contributed by atoms with van der Waals surface area (Å²) in [6.07, 6.45) is 3.30. The molecule has 0 atom stereocenters. The van der Waals surface area contributed by atoms with Crippen LogP contribution in [0.2, 0.25) is 0 Å². The van der Waals surface area contributed by atoms with Crippen molar-refractivity contribution >= 4 is 34.4 Å². The van der Waals surface area contributed by atoms with Gasteiger partial charge >= 0.3 is 0 Å². The van der Waals surface area contributed by atoms with Crippen molar-refractivity contribution in [2.24, 2.45) is 0 Å². The smallest absolute Gasteiger partial charge is 0.234 e. The molecule has 0 aliphatic heterocycles. The van der Waals surface area contributed by atoms with Gasteiger partial charge in [0.2, 0.25) is 11.8 Å². The van der Waals surface area contributed by atoms with Crippen molar-refractivity contribution in [3.05, 3.63) is 36.3 Å². The lowest BCUT2D eigenvalue weighted by Crippen LogP contribution is -2.13. The van der Waals surface area contributed by atoms with Gasteiger partial charge in [0.05, 0.1) is 5.75 Å². The summed E-state index contributed by atoms with van der Waals surface area (Å²) in [5.74, 6) is 1.46. The largest absolute Gasteiger partial charge is 0.438 e. The summed E-state index contributed by atoms with van der Waals surface area (Å²) in [6.45, 7) is 1.88. The molecule has 2 heterocycles. The van der Waals surface area contributed by atoms with Gasteiger partial charge in [0.25, 0.3) is 0 Å². The summed E-state index contributed by atoms with van der Waals surface area (Å²) in [5.41, 5.74) is 2.13. The number of hydrogen-bond acceptors (Lipinski definition) is 6. The number of amides is 1. The molecule has 0 saturated heterocycles. The van der Waals surface area contributed by atoms with Crippen LogP contribution in [-0.4, -0.2) is 38.1 Å². The lowest BCUT2D eigenvalue weighted by molar-refractivity contribution is -0.113. The SMILES string of the molecule is CSCC(=O)Nc1ccc(Oc2ncnc3n[nH]c(C)c23)cc1. The molecule has 0 spiro atoms. The van der Waals surface area contributed by atoms with Gasteiger partial charge < -0.3 is 10.1 Å². The summed E-state index contributed by atoms with van der Waals surface area (Å²) in [6, 6.07) is 7.12. The molecule has 7 nitrogen and oxygen atoms in total. The number of thioether (sulfide) groups is 1. The highest BCUT2D eigenvalue weighted by Crippen LogP contribution is 2.28. The summed E-state index contributed by atoms with van der Waals surface area (Å²) in [4.78, 5) is 19.8. The first kappa shape index (κ1) is 15.3. The molecule has 0 saturated carbocycles. The molecule has 3 aromatic rings. The highest BCUT2D eigenvalue weighted by Gasteiger charge is 2.11. The van der Waals surface area contributed by atoms with Gasteiger partial charge in [-0.25, -0.2) is 9.97 Å². The van der Waals surface area contributed by atoms with Crippen LogP contribution in [0.1, 0.15) is 5.69 Å². The number of anilines is 1. The van der Waals surface area contributed by atoms with Gasteiger partial charge in [-0.05, 0) is 37.4 Å². The van der Waals surface area contributed by atoms with Gasteiger partial charge in [0.15, 0.2) is 5.65 Å². The van der Waals surface area contributed by atoms with E-state index in [1.807, 2.05) is 13.2 Å². The Labute approximate surface area is 136 Å². The van der Waals surface area contributed by atoms with Crippen molar-refractivity contribution < 1.29 is 9.53 Å². The van der Waals surface area contributed by atoms with Gasteiger partial charge in [0, 0.05) is 11.4 Å². The fourth-order valence-corrected chi connectivity index (χ4v) is 2.42. The van der Waals surface area contributed by atoms with Gasteiger partial charge in [0.1, 0.15) is 17.5 Å². The number of benzene rings is 1. The molecular formula is C15H15N5O2S. The average molecular weight is 329 g/mol. The number of H-pyrrole nitrogens is 1. The molecule has 118 valence electrons. The molecule has 0 bridgehead atoms. The van der Waals surface area contributed by atoms with E-state index in [4.69, 9.17) is 4.74 Å². The maximum absolute atomic E-state index is 11.6. The number of fused-ring (bicyclic) bond motifs is 1. The zero-order chi connectivity index (χ0) is 16.2. The number of nitrogens with zero attached hydrogens (tertiary/aromatic N) is 3. The second-order valence-corrected chi connectivity index (χ2v) is 5.70. The van der Waals surface area contributed by atoms with Crippen LogP contribution in [-0.2, 0) is 4.79 Å². The molecule has 0 aliphatic rings. The van der Waals surface area contributed by atoms with Gasteiger partial charge in [-0.15, -0.1) is 0 Å².